The van der Waals surface area contributed by atoms with E-state index in [1.165, 1.54) is 16.3 Å². The summed E-state index contributed by atoms with van der Waals surface area (Å²) in [5, 5.41) is 2.56. The fraction of sp³-hybridized carbons (Fsp3) is 0.375. The summed E-state index contributed by atoms with van der Waals surface area (Å²) < 4.78 is 5.26. The number of nitrogens with two attached hydrogens (primary N) is 1. The molecule has 0 radical (unpaired) electrons. The van der Waals surface area contributed by atoms with Crippen LogP contribution in [0.5, 0.6) is 0 Å². The van der Waals surface area contributed by atoms with Gasteiger partial charge in [-0.25, -0.2) is 0 Å². The molecule has 1 unspecified atom stereocenters. The first kappa shape index (κ1) is 13.1. The molecule has 96 valence electrons. The highest BCUT2D eigenvalue weighted by atomic mass is 16.5. The first-order chi connectivity index (χ1) is 8.68. The summed E-state index contributed by atoms with van der Waals surface area (Å²) in [5.74, 6) is 0. The van der Waals surface area contributed by atoms with Crippen LogP contribution in [0.25, 0.3) is 10.8 Å². The van der Waals surface area contributed by atoms with Crippen molar-refractivity contribution in [1.82, 2.24) is 0 Å². The van der Waals surface area contributed by atoms with Gasteiger partial charge < -0.3 is 10.5 Å². The molecule has 0 aliphatic rings. The van der Waals surface area contributed by atoms with Crippen molar-refractivity contribution in [2.75, 3.05) is 13.7 Å². The standard InChI is InChI=1S/C16H21NO/c1-3-16(17,12-18-2)11-14-9-6-8-13-7-4-5-10-15(13)14/h4-10H,3,11-12,17H2,1-2H3. The molecule has 2 rings (SSSR count). The zero-order chi connectivity index (χ0) is 13.0. The largest absolute Gasteiger partial charge is 0.383 e. The Morgan fingerprint density at radius 1 is 1.11 bits per heavy atom. The molecule has 0 aliphatic heterocycles. The highest BCUT2D eigenvalue weighted by molar-refractivity contribution is 5.85. The summed E-state index contributed by atoms with van der Waals surface area (Å²) in [4.78, 5) is 0. The molecule has 2 heteroatoms. The lowest BCUT2D eigenvalue weighted by Gasteiger charge is -2.28. The highest BCUT2D eigenvalue weighted by Gasteiger charge is 2.23. The Balaban J connectivity index is 2.36. The lowest BCUT2D eigenvalue weighted by atomic mass is 9.88. The minimum atomic E-state index is -0.279. The van der Waals surface area contributed by atoms with Crippen molar-refractivity contribution < 1.29 is 4.74 Å². The first-order valence-electron chi connectivity index (χ1n) is 6.43. The molecule has 0 spiro atoms. The summed E-state index contributed by atoms with van der Waals surface area (Å²) >= 11 is 0. The third-order valence-corrected chi connectivity index (χ3v) is 3.56. The molecule has 0 bridgehead atoms. The van der Waals surface area contributed by atoms with Gasteiger partial charge in [0.05, 0.1) is 6.61 Å². The number of rotatable bonds is 5. The Labute approximate surface area is 109 Å². The summed E-state index contributed by atoms with van der Waals surface area (Å²) in [6, 6.07) is 14.8. The van der Waals surface area contributed by atoms with Gasteiger partial charge in [-0.2, -0.15) is 0 Å². The molecule has 0 heterocycles. The number of hydrogen-bond donors (Lipinski definition) is 1. The van der Waals surface area contributed by atoms with Crippen molar-refractivity contribution in [2.45, 2.75) is 25.3 Å². The first-order valence-corrected chi connectivity index (χ1v) is 6.43. The number of methoxy groups -OCH3 is 1. The molecule has 0 aromatic heterocycles. The second kappa shape index (κ2) is 5.51. The maximum absolute atomic E-state index is 6.41. The molecule has 2 aromatic rings. The predicted octanol–water partition coefficient (Wildman–Crippen LogP) is 3.14. The van der Waals surface area contributed by atoms with Crippen molar-refractivity contribution >= 4 is 10.8 Å². The molecule has 2 N–H and O–H groups in total. The van der Waals surface area contributed by atoms with Gasteiger partial charge in [0, 0.05) is 12.6 Å². The second-order valence-corrected chi connectivity index (χ2v) is 4.96. The monoisotopic (exact) mass is 243 g/mol. The van der Waals surface area contributed by atoms with Crippen LogP contribution in [-0.2, 0) is 11.2 Å². The number of fused-ring (bicyclic) bond motifs is 1. The summed E-state index contributed by atoms with van der Waals surface area (Å²) in [6.07, 6.45) is 1.75. The van der Waals surface area contributed by atoms with E-state index in [-0.39, 0.29) is 5.54 Å². The lowest BCUT2D eigenvalue weighted by Crippen LogP contribution is -2.45. The molecular weight excluding hydrogens is 222 g/mol. The summed E-state index contributed by atoms with van der Waals surface area (Å²) in [7, 11) is 1.71. The summed E-state index contributed by atoms with van der Waals surface area (Å²) in [5.41, 5.74) is 7.43. The fourth-order valence-corrected chi connectivity index (χ4v) is 2.39. The van der Waals surface area contributed by atoms with Crippen LogP contribution in [0.2, 0.25) is 0 Å². The zero-order valence-electron chi connectivity index (χ0n) is 11.1. The highest BCUT2D eigenvalue weighted by Crippen LogP contribution is 2.23. The van der Waals surface area contributed by atoms with E-state index in [9.17, 15) is 0 Å². The van der Waals surface area contributed by atoms with Gasteiger partial charge in [-0.15, -0.1) is 0 Å². The molecule has 2 nitrogen and oxygen atoms in total. The molecular formula is C16H21NO. The van der Waals surface area contributed by atoms with E-state index in [1.807, 2.05) is 0 Å². The summed E-state index contributed by atoms with van der Waals surface area (Å²) in [6.45, 7) is 2.71. The van der Waals surface area contributed by atoms with E-state index in [1.54, 1.807) is 7.11 Å². The van der Waals surface area contributed by atoms with Crippen LogP contribution in [0, 0.1) is 0 Å². The van der Waals surface area contributed by atoms with Crippen LogP contribution in [0.1, 0.15) is 18.9 Å². The van der Waals surface area contributed by atoms with Crippen LogP contribution in [0.4, 0.5) is 0 Å². The van der Waals surface area contributed by atoms with Crippen LogP contribution in [-0.4, -0.2) is 19.3 Å². The van der Waals surface area contributed by atoms with Crippen LogP contribution < -0.4 is 5.73 Å². The number of benzene rings is 2. The Kier molecular flexibility index (Phi) is 4.00. The SMILES string of the molecule is CCC(N)(COC)Cc1cccc2ccccc12. The van der Waals surface area contributed by atoms with E-state index in [0.717, 1.165) is 12.8 Å². The van der Waals surface area contributed by atoms with Crippen molar-refractivity contribution in [1.29, 1.82) is 0 Å². The lowest BCUT2D eigenvalue weighted by molar-refractivity contribution is 0.129. The second-order valence-electron chi connectivity index (χ2n) is 4.96. The van der Waals surface area contributed by atoms with E-state index in [4.69, 9.17) is 10.5 Å². The van der Waals surface area contributed by atoms with Gasteiger partial charge in [0.15, 0.2) is 0 Å². The van der Waals surface area contributed by atoms with Crippen LogP contribution >= 0.6 is 0 Å². The van der Waals surface area contributed by atoms with Gasteiger partial charge in [-0.1, -0.05) is 49.4 Å². The van der Waals surface area contributed by atoms with Crippen molar-refractivity contribution in [2.24, 2.45) is 5.73 Å². The van der Waals surface area contributed by atoms with Crippen molar-refractivity contribution in [3.05, 3.63) is 48.0 Å². The van der Waals surface area contributed by atoms with E-state index in [0.29, 0.717) is 6.61 Å². The van der Waals surface area contributed by atoms with Gasteiger partial charge in [-0.05, 0) is 29.2 Å². The molecule has 2 aromatic carbocycles. The minimum Gasteiger partial charge on any atom is -0.383 e. The maximum atomic E-state index is 6.41. The molecule has 0 saturated heterocycles. The van der Waals surface area contributed by atoms with Gasteiger partial charge in [0.1, 0.15) is 0 Å². The zero-order valence-corrected chi connectivity index (χ0v) is 11.1. The Bertz CT molecular complexity index is 518. The smallest absolute Gasteiger partial charge is 0.0645 e. The van der Waals surface area contributed by atoms with Gasteiger partial charge in [0.2, 0.25) is 0 Å². The third-order valence-electron chi connectivity index (χ3n) is 3.56. The topological polar surface area (TPSA) is 35.2 Å². The quantitative estimate of drug-likeness (QED) is 0.875. The molecule has 0 aliphatic carbocycles. The van der Waals surface area contributed by atoms with Gasteiger partial charge in [-0.3, -0.25) is 0 Å². The van der Waals surface area contributed by atoms with E-state index < -0.39 is 0 Å². The Morgan fingerprint density at radius 2 is 1.83 bits per heavy atom. The average molecular weight is 243 g/mol. The van der Waals surface area contributed by atoms with Crippen LogP contribution in [0.3, 0.4) is 0 Å². The van der Waals surface area contributed by atoms with Crippen molar-refractivity contribution in [3.63, 3.8) is 0 Å². The minimum absolute atomic E-state index is 0.279. The number of ether oxygens (including phenoxy) is 1. The molecule has 0 saturated carbocycles. The predicted molar refractivity (Wildman–Crippen MR) is 76.7 cm³/mol. The van der Waals surface area contributed by atoms with Gasteiger partial charge in [0.25, 0.3) is 0 Å². The molecule has 0 amide bonds. The fourth-order valence-electron chi connectivity index (χ4n) is 2.39. The normalized spacial score (nSPS) is 14.6. The Hall–Kier alpha value is -1.38. The van der Waals surface area contributed by atoms with E-state index in [2.05, 4.69) is 49.4 Å². The maximum Gasteiger partial charge on any atom is 0.0645 e. The average Bonchev–Trinajstić information content (AvgIpc) is 2.39. The Morgan fingerprint density at radius 3 is 2.56 bits per heavy atom. The number of hydrogen-bond acceptors (Lipinski definition) is 2. The van der Waals surface area contributed by atoms with Gasteiger partial charge >= 0.3 is 0 Å². The van der Waals surface area contributed by atoms with E-state index >= 15 is 0 Å². The molecule has 18 heavy (non-hydrogen) atoms. The third kappa shape index (κ3) is 2.71. The molecule has 0 fully saturated rings. The van der Waals surface area contributed by atoms with Crippen molar-refractivity contribution in [3.8, 4) is 0 Å². The van der Waals surface area contributed by atoms with Crippen LogP contribution in [0.15, 0.2) is 42.5 Å². The molecule has 1 atom stereocenters.